The van der Waals surface area contributed by atoms with E-state index in [1.807, 2.05) is 0 Å². The first-order chi connectivity index (χ1) is 17.3. The Balaban J connectivity index is 1.47. The van der Waals surface area contributed by atoms with E-state index in [1.165, 1.54) is 36.7 Å². The molecule has 2 amide bonds. The van der Waals surface area contributed by atoms with Crippen molar-refractivity contribution in [2.45, 2.75) is 51.4 Å². The van der Waals surface area contributed by atoms with Gasteiger partial charge in [-0.1, -0.05) is 25.7 Å². The van der Waals surface area contributed by atoms with Crippen LogP contribution in [-0.2, 0) is 9.59 Å². The van der Waals surface area contributed by atoms with Crippen molar-refractivity contribution < 1.29 is 19.4 Å². The molecule has 0 aliphatic carbocycles. The van der Waals surface area contributed by atoms with E-state index in [0.717, 1.165) is 38.5 Å². The van der Waals surface area contributed by atoms with Gasteiger partial charge in [-0.3, -0.25) is 29.8 Å². The van der Waals surface area contributed by atoms with Crippen LogP contribution in [0.5, 0.6) is 0 Å². The minimum absolute atomic E-state index is 0.00884. The van der Waals surface area contributed by atoms with Gasteiger partial charge < -0.3 is 0 Å². The molecule has 0 unspecified atom stereocenters. The first-order valence-electron chi connectivity index (χ1n) is 11.5. The lowest BCUT2D eigenvalue weighted by Crippen LogP contribution is -2.17. The third kappa shape index (κ3) is 11.1. The first-order valence-corrected chi connectivity index (χ1v) is 11.5. The molecule has 2 N–H and O–H groups in total. The maximum Gasteiger partial charge on any atom is 0.269 e. The molecule has 0 aliphatic rings. The van der Waals surface area contributed by atoms with Crippen molar-refractivity contribution in [2.24, 2.45) is 10.2 Å². The van der Waals surface area contributed by atoms with Crippen molar-refractivity contribution >= 4 is 35.6 Å². The topological polar surface area (TPSA) is 169 Å². The third-order valence-electron chi connectivity index (χ3n) is 5.07. The molecule has 0 saturated heterocycles. The van der Waals surface area contributed by atoms with Crippen LogP contribution in [-0.4, -0.2) is 34.1 Å². The minimum atomic E-state index is -0.483. The first kappa shape index (κ1) is 27.8. The van der Waals surface area contributed by atoms with Crippen molar-refractivity contribution in [2.75, 3.05) is 0 Å². The summed E-state index contributed by atoms with van der Waals surface area (Å²) in [5, 5.41) is 28.9. The summed E-state index contributed by atoms with van der Waals surface area (Å²) in [6.07, 6.45) is 8.74. The summed E-state index contributed by atoms with van der Waals surface area (Å²) in [7, 11) is 0. The summed E-state index contributed by atoms with van der Waals surface area (Å²) < 4.78 is 0. The summed E-state index contributed by atoms with van der Waals surface area (Å²) >= 11 is 0. The smallest absolute Gasteiger partial charge is 0.269 e. The largest absolute Gasteiger partial charge is 0.273 e. The molecular weight excluding hydrogens is 468 g/mol. The van der Waals surface area contributed by atoms with Crippen LogP contribution in [0.3, 0.4) is 0 Å². The molecule has 0 heterocycles. The highest BCUT2D eigenvalue weighted by molar-refractivity contribution is 5.83. The Kier molecular flexibility index (Phi) is 11.9. The van der Waals surface area contributed by atoms with Crippen molar-refractivity contribution in [3.8, 4) is 0 Å². The van der Waals surface area contributed by atoms with Crippen molar-refractivity contribution in [1.29, 1.82) is 0 Å². The van der Waals surface area contributed by atoms with E-state index in [9.17, 15) is 29.8 Å². The van der Waals surface area contributed by atoms with Gasteiger partial charge in [0.05, 0.1) is 22.3 Å². The molecule has 2 aromatic carbocycles. The molecule has 12 heteroatoms. The number of hydrogen-bond donors (Lipinski definition) is 2. The fraction of sp³-hybridized carbons (Fsp3) is 0.333. The Morgan fingerprint density at radius 3 is 1.31 bits per heavy atom. The summed E-state index contributed by atoms with van der Waals surface area (Å²) in [5.41, 5.74) is 6.15. The van der Waals surface area contributed by atoms with Gasteiger partial charge in [0, 0.05) is 37.1 Å². The molecular formula is C24H28N6O6. The third-order valence-corrected chi connectivity index (χ3v) is 5.07. The lowest BCUT2D eigenvalue weighted by Gasteiger charge is -2.02. The normalized spacial score (nSPS) is 11.0. The second kappa shape index (κ2) is 15.4. The second-order valence-corrected chi connectivity index (χ2v) is 7.90. The summed E-state index contributed by atoms with van der Waals surface area (Å²) in [6.45, 7) is 0. The Labute approximate surface area is 207 Å². The van der Waals surface area contributed by atoms with Gasteiger partial charge in [0.2, 0.25) is 11.8 Å². The molecule has 2 rings (SSSR count). The lowest BCUT2D eigenvalue weighted by molar-refractivity contribution is -0.385. The number of hydrazone groups is 2. The fourth-order valence-electron chi connectivity index (χ4n) is 3.11. The van der Waals surface area contributed by atoms with Gasteiger partial charge in [0.25, 0.3) is 11.4 Å². The van der Waals surface area contributed by atoms with Gasteiger partial charge in [-0.25, -0.2) is 10.9 Å². The average Bonchev–Trinajstić information content (AvgIpc) is 2.86. The van der Waals surface area contributed by atoms with E-state index in [2.05, 4.69) is 21.1 Å². The molecule has 36 heavy (non-hydrogen) atoms. The number of benzene rings is 2. The fourth-order valence-corrected chi connectivity index (χ4v) is 3.11. The summed E-state index contributed by atoms with van der Waals surface area (Å²) in [5.74, 6) is -0.391. The molecule has 0 aromatic heterocycles. The van der Waals surface area contributed by atoms with E-state index in [-0.39, 0.29) is 23.2 Å². The van der Waals surface area contributed by atoms with Crippen LogP contribution >= 0.6 is 0 Å². The SMILES string of the molecule is O=C(CCCCCCCCC(=O)N/N=C\c1ccc([N+](=O)[O-])cc1)N/N=C\c1ccc([N+](=O)[O-])cc1. The van der Waals surface area contributed by atoms with E-state index in [0.29, 0.717) is 24.0 Å². The highest BCUT2D eigenvalue weighted by Crippen LogP contribution is 2.12. The van der Waals surface area contributed by atoms with Gasteiger partial charge in [-0.05, 0) is 48.2 Å². The molecule has 0 atom stereocenters. The monoisotopic (exact) mass is 496 g/mol. The number of carbonyl (C=O) groups is 2. The minimum Gasteiger partial charge on any atom is -0.273 e. The Bertz CT molecular complexity index is 996. The number of unbranched alkanes of at least 4 members (excludes halogenated alkanes) is 5. The zero-order valence-electron chi connectivity index (χ0n) is 19.7. The number of non-ortho nitro benzene ring substituents is 2. The van der Waals surface area contributed by atoms with Crippen LogP contribution in [0.2, 0.25) is 0 Å². The molecule has 0 fully saturated rings. The van der Waals surface area contributed by atoms with Crippen LogP contribution in [0.15, 0.2) is 58.7 Å². The number of carbonyl (C=O) groups excluding carboxylic acids is 2. The number of nitrogens with one attached hydrogen (secondary N) is 2. The number of nitro benzene ring substituents is 2. The van der Waals surface area contributed by atoms with Crippen molar-refractivity contribution in [1.82, 2.24) is 10.9 Å². The zero-order valence-corrected chi connectivity index (χ0v) is 19.7. The maximum atomic E-state index is 11.8. The Hall–Kier alpha value is -4.48. The van der Waals surface area contributed by atoms with Crippen molar-refractivity contribution in [3.63, 3.8) is 0 Å². The highest BCUT2D eigenvalue weighted by Gasteiger charge is 2.04. The number of nitro groups is 2. The quantitative estimate of drug-likeness (QED) is 0.162. The highest BCUT2D eigenvalue weighted by atomic mass is 16.6. The van der Waals surface area contributed by atoms with Crippen molar-refractivity contribution in [3.05, 3.63) is 79.9 Å². The van der Waals surface area contributed by atoms with Crippen LogP contribution in [0.1, 0.15) is 62.5 Å². The molecule has 0 spiro atoms. The Morgan fingerprint density at radius 2 is 0.972 bits per heavy atom. The van der Waals surface area contributed by atoms with Gasteiger partial charge in [-0.15, -0.1) is 0 Å². The zero-order chi connectivity index (χ0) is 26.2. The number of amides is 2. The standard InChI is InChI=1S/C24H28N6O6/c31-23(27-25-17-19-9-13-21(14-10-19)29(33)34)7-5-3-1-2-4-6-8-24(32)28-26-18-20-11-15-22(16-12-20)30(35)36/h9-18H,1-8H2,(H,27,31)(H,28,32)/b25-17-,26-18-. The summed E-state index contributed by atoms with van der Waals surface area (Å²) in [4.78, 5) is 43.9. The predicted molar refractivity (Wildman–Crippen MR) is 135 cm³/mol. The second-order valence-electron chi connectivity index (χ2n) is 7.90. The summed E-state index contributed by atoms with van der Waals surface area (Å²) in [6, 6.07) is 11.7. The molecule has 0 saturated carbocycles. The van der Waals surface area contributed by atoms with Gasteiger partial charge >= 0.3 is 0 Å². The molecule has 2 aromatic rings. The average molecular weight is 497 g/mol. The Morgan fingerprint density at radius 1 is 0.639 bits per heavy atom. The number of rotatable bonds is 15. The molecule has 0 aliphatic heterocycles. The molecule has 12 nitrogen and oxygen atoms in total. The molecule has 190 valence electrons. The van der Waals surface area contributed by atoms with E-state index in [1.54, 1.807) is 24.3 Å². The predicted octanol–water partition coefficient (Wildman–Crippen LogP) is 4.22. The van der Waals surface area contributed by atoms with Crippen LogP contribution < -0.4 is 10.9 Å². The van der Waals surface area contributed by atoms with Crippen LogP contribution in [0.25, 0.3) is 0 Å². The van der Waals surface area contributed by atoms with Gasteiger partial charge in [0.1, 0.15) is 0 Å². The number of hydrogen-bond acceptors (Lipinski definition) is 8. The number of nitrogens with zero attached hydrogens (tertiary/aromatic N) is 4. The van der Waals surface area contributed by atoms with Gasteiger partial charge in [0.15, 0.2) is 0 Å². The van der Waals surface area contributed by atoms with E-state index >= 15 is 0 Å². The van der Waals surface area contributed by atoms with Crippen LogP contribution in [0, 0.1) is 20.2 Å². The van der Waals surface area contributed by atoms with Gasteiger partial charge in [-0.2, -0.15) is 10.2 Å². The lowest BCUT2D eigenvalue weighted by atomic mass is 10.1. The van der Waals surface area contributed by atoms with E-state index < -0.39 is 9.85 Å². The van der Waals surface area contributed by atoms with E-state index in [4.69, 9.17) is 0 Å². The molecule has 0 radical (unpaired) electrons. The maximum absolute atomic E-state index is 11.8. The van der Waals surface area contributed by atoms with Crippen LogP contribution in [0.4, 0.5) is 11.4 Å². The molecule has 0 bridgehead atoms.